The molecule has 3 aromatic rings. The average Bonchev–Trinajstić information content (AvgIpc) is 2.79. The number of rotatable bonds is 7. The van der Waals surface area contributed by atoms with Crippen LogP contribution in [0, 0.1) is 5.82 Å². The Kier molecular flexibility index (Phi) is 7.82. The number of nitrogens with zero attached hydrogens (tertiary/aromatic N) is 1. The number of carbonyl (C=O) groups excluding carboxylic acids is 3. The fourth-order valence-electron chi connectivity index (χ4n) is 2.46. The topological polar surface area (TPSA) is 96.9 Å². The molecule has 0 radical (unpaired) electrons. The van der Waals surface area contributed by atoms with Gasteiger partial charge in [0.15, 0.2) is 0 Å². The Hall–Kier alpha value is -3.85. The molecule has 3 rings (SSSR count). The number of benzene rings is 3. The maximum atomic E-state index is 12.9. The van der Waals surface area contributed by atoms with Crippen molar-refractivity contribution in [2.75, 3.05) is 6.54 Å². The van der Waals surface area contributed by atoms with Crippen molar-refractivity contribution in [2.45, 2.75) is 0 Å². The molecule has 3 aromatic carbocycles. The van der Waals surface area contributed by atoms with Crippen molar-refractivity contribution in [1.29, 1.82) is 0 Å². The van der Waals surface area contributed by atoms with Gasteiger partial charge in [0.25, 0.3) is 11.8 Å². The van der Waals surface area contributed by atoms with Crippen LogP contribution in [0.3, 0.4) is 0 Å². The van der Waals surface area contributed by atoms with Gasteiger partial charge in [-0.2, -0.15) is 5.10 Å². The van der Waals surface area contributed by atoms with Gasteiger partial charge in [0.2, 0.25) is 0 Å². The minimum absolute atomic E-state index is 0.239. The van der Waals surface area contributed by atoms with Gasteiger partial charge in [-0.25, -0.2) is 14.6 Å². The average molecular weight is 498 g/mol. The maximum absolute atomic E-state index is 12.9. The van der Waals surface area contributed by atoms with Crippen molar-refractivity contribution in [2.24, 2.45) is 5.10 Å². The quantitative estimate of drug-likeness (QED) is 0.225. The summed E-state index contributed by atoms with van der Waals surface area (Å²) in [7, 11) is 0. The lowest BCUT2D eigenvalue weighted by molar-refractivity contribution is -0.120. The third-order valence-electron chi connectivity index (χ3n) is 4.09. The van der Waals surface area contributed by atoms with Crippen molar-refractivity contribution >= 4 is 39.9 Å². The fraction of sp³-hybridized carbons (Fsp3) is 0.0435. The molecule has 0 aliphatic carbocycles. The van der Waals surface area contributed by atoms with Crippen LogP contribution in [0.2, 0.25) is 0 Å². The molecule has 2 amide bonds. The number of halogens is 2. The summed E-state index contributed by atoms with van der Waals surface area (Å²) in [6.45, 7) is -0.293. The van der Waals surface area contributed by atoms with Gasteiger partial charge in [0.05, 0.1) is 18.3 Å². The Morgan fingerprint density at radius 1 is 0.906 bits per heavy atom. The van der Waals surface area contributed by atoms with Crippen molar-refractivity contribution in [3.05, 3.63) is 99.8 Å². The normalized spacial score (nSPS) is 10.6. The first kappa shape index (κ1) is 22.8. The largest absolute Gasteiger partial charge is 0.423 e. The molecular formula is C23H17BrFN3O4. The molecule has 0 unspecified atom stereocenters. The number of carbonyl (C=O) groups is 3. The molecular weight excluding hydrogens is 481 g/mol. The molecule has 0 aromatic heterocycles. The molecule has 0 aliphatic heterocycles. The number of amides is 2. The van der Waals surface area contributed by atoms with Gasteiger partial charge in [-0.1, -0.05) is 15.9 Å². The summed E-state index contributed by atoms with van der Waals surface area (Å²) in [5.74, 6) is -1.60. The van der Waals surface area contributed by atoms with Crippen molar-refractivity contribution in [3.63, 3.8) is 0 Å². The second-order valence-corrected chi connectivity index (χ2v) is 7.36. The van der Waals surface area contributed by atoms with Crippen LogP contribution in [0.25, 0.3) is 0 Å². The van der Waals surface area contributed by atoms with Crippen LogP contribution in [0.4, 0.5) is 4.39 Å². The van der Waals surface area contributed by atoms with E-state index in [2.05, 4.69) is 31.8 Å². The zero-order valence-corrected chi connectivity index (χ0v) is 18.1. The van der Waals surface area contributed by atoms with Crippen LogP contribution in [0.1, 0.15) is 26.3 Å². The third-order valence-corrected chi connectivity index (χ3v) is 4.62. The maximum Gasteiger partial charge on any atom is 0.343 e. The summed E-state index contributed by atoms with van der Waals surface area (Å²) >= 11 is 3.31. The Morgan fingerprint density at radius 2 is 1.53 bits per heavy atom. The molecule has 9 heteroatoms. The number of hydrogen-bond acceptors (Lipinski definition) is 5. The van der Waals surface area contributed by atoms with E-state index < -0.39 is 23.6 Å². The summed E-state index contributed by atoms with van der Waals surface area (Å²) in [4.78, 5) is 35.8. The zero-order valence-electron chi connectivity index (χ0n) is 16.5. The summed E-state index contributed by atoms with van der Waals surface area (Å²) in [6.07, 6.45) is 1.40. The number of ether oxygens (including phenoxy) is 1. The van der Waals surface area contributed by atoms with E-state index in [1.807, 2.05) is 0 Å². The number of hydrazone groups is 1. The molecule has 0 saturated heterocycles. The first-order valence-electron chi connectivity index (χ1n) is 9.34. The molecule has 0 atom stereocenters. The molecule has 0 heterocycles. The van der Waals surface area contributed by atoms with Gasteiger partial charge in [0.1, 0.15) is 11.6 Å². The number of nitrogens with one attached hydrogen (secondary N) is 2. The van der Waals surface area contributed by atoms with E-state index in [0.29, 0.717) is 16.9 Å². The number of hydrogen-bond donors (Lipinski definition) is 2. The van der Waals surface area contributed by atoms with E-state index >= 15 is 0 Å². The lowest BCUT2D eigenvalue weighted by Crippen LogP contribution is -2.34. The van der Waals surface area contributed by atoms with Crippen molar-refractivity contribution < 1.29 is 23.5 Å². The smallest absolute Gasteiger partial charge is 0.343 e. The highest BCUT2D eigenvalue weighted by molar-refractivity contribution is 9.10. The van der Waals surface area contributed by atoms with E-state index in [1.165, 1.54) is 18.3 Å². The van der Waals surface area contributed by atoms with Crippen LogP contribution in [-0.2, 0) is 4.79 Å². The summed E-state index contributed by atoms with van der Waals surface area (Å²) < 4.78 is 19.0. The van der Waals surface area contributed by atoms with Gasteiger partial charge in [-0.15, -0.1) is 0 Å². The number of esters is 1. The van der Waals surface area contributed by atoms with Gasteiger partial charge < -0.3 is 10.1 Å². The summed E-state index contributed by atoms with van der Waals surface area (Å²) in [6, 6.07) is 18.3. The van der Waals surface area contributed by atoms with Gasteiger partial charge >= 0.3 is 5.97 Å². The van der Waals surface area contributed by atoms with E-state index in [9.17, 15) is 18.8 Å². The summed E-state index contributed by atoms with van der Waals surface area (Å²) in [5.41, 5.74) is 3.61. The predicted molar refractivity (Wildman–Crippen MR) is 120 cm³/mol. The minimum Gasteiger partial charge on any atom is -0.423 e. The predicted octanol–water partition coefficient (Wildman–Crippen LogP) is 3.69. The van der Waals surface area contributed by atoms with E-state index in [1.54, 1.807) is 48.5 Å². The lowest BCUT2D eigenvalue weighted by atomic mass is 10.2. The Bertz CT molecular complexity index is 1130. The van der Waals surface area contributed by atoms with Gasteiger partial charge in [0, 0.05) is 10.0 Å². The molecule has 32 heavy (non-hydrogen) atoms. The van der Waals surface area contributed by atoms with Crippen LogP contribution >= 0.6 is 15.9 Å². The fourth-order valence-corrected chi connectivity index (χ4v) is 2.72. The molecule has 0 spiro atoms. The van der Waals surface area contributed by atoms with Crippen LogP contribution in [0.15, 0.2) is 82.4 Å². The molecule has 0 aliphatic rings. The molecule has 162 valence electrons. The SMILES string of the molecule is O=C(CNC(=O)c1ccc(F)cc1)N/N=C\c1ccc(OC(=O)c2ccc(Br)cc2)cc1. The van der Waals surface area contributed by atoms with Gasteiger partial charge in [-0.3, -0.25) is 9.59 Å². The lowest BCUT2D eigenvalue weighted by Gasteiger charge is -2.05. The monoisotopic (exact) mass is 497 g/mol. The van der Waals surface area contributed by atoms with E-state index in [-0.39, 0.29) is 12.1 Å². The Balaban J connectivity index is 1.44. The van der Waals surface area contributed by atoms with Crippen molar-refractivity contribution in [3.8, 4) is 5.75 Å². The van der Waals surface area contributed by atoms with E-state index in [4.69, 9.17) is 4.74 Å². The van der Waals surface area contributed by atoms with E-state index in [0.717, 1.165) is 16.6 Å². The highest BCUT2D eigenvalue weighted by Crippen LogP contribution is 2.15. The van der Waals surface area contributed by atoms with Crippen LogP contribution in [-0.4, -0.2) is 30.5 Å². The third kappa shape index (κ3) is 6.85. The standard InChI is InChI=1S/C23H17BrFN3O4/c24-18-7-3-17(4-8-18)23(31)32-20-11-1-15(2-12-20)13-27-28-21(29)14-26-22(30)16-5-9-19(25)10-6-16/h1-13H,14H2,(H,26,30)(H,28,29)/b27-13-. The van der Waals surface area contributed by atoms with Crippen LogP contribution < -0.4 is 15.5 Å². The molecule has 7 nitrogen and oxygen atoms in total. The Labute approximate surface area is 191 Å². The van der Waals surface area contributed by atoms with Crippen molar-refractivity contribution in [1.82, 2.24) is 10.7 Å². The highest BCUT2D eigenvalue weighted by atomic mass is 79.9. The van der Waals surface area contributed by atoms with Gasteiger partial charge in [-0.05, 0) is 78.4 Å². The first-order valence-corrected chi connectivity index (χ1v) is 10.1. The second-order valence-electron chi connectivity index (χ2n) is 6.45. The highest BCUT2D eigenvalue weighted by Gasteiger charge is 2.09. The van der Waals surface area contributed by atoms with Crippen LogP contribution in [0.5, 0.6) is 5.75 Å². The minimum atomic E-state index is -0.531. The molecule has 2 N–H and O–H groups in total. The zero-order chi connectivity index (χ0) is 22.9. The summed E-state index contributed by atoms with van der Waals surface area (Å²) in [5, 5.41) is 6.22. The molecule has 0 bridgehead atoms. The second kappa shape index (κ2) is 11.0. The first-order chi connectivity index (χ1) is 15.4. The molecule has 0 saturated carbocycles. The Morgan fingerprint density at radius 3 is 2.19 bits per heavy atom. The molecule has 0 fully saturated rings.